The number of carbonyl (C=O) groups is 1. The van der Waals surface area contributed by atoms with Crippen molar-refractivity contribution in [2.75, 3.05) is 75.2 Å². The van der Waals surface area contributed by atoms with E-state index in [-0.39, 0.29) is 13.0 Å². The minimum Gasteiger partial charge on any atom is -0.367 e. The standard InChI is InChI=1S/C32H52F3N5O/c1-5-28(6-2)37-14-18-39(19-15-37)30-25(22-36-13-9-10-27(23-36)32(33,34)35)11-12-26(24-41)31(30)40-20-16-38(17-21-40)29(7-3)8-4/h11-12,24,27-29H,5-10,13-23H2,1-4H3. The summed E-state index contributed by atoms with van der Waals surface area (Å²) in [4.78, 5) is 24.4. The molecule has 3 heterocycles. The van der Waals surface area contributed by atoms with Crippen LogP contribution < -0.4 is 9.80 Å². The number of nitrogens with zero attached hydrogens (tertiary/aromatic N) is 5. The average Bonchev–Trinajstić information content (AvgIpc) is 2.99. The van der Waals surface area contributed by atoms with Crippen molar-refractivity contribution in [1.82, 2.24) is 14.7 Å². The van der Waals surface area contributed by atoms with Crippen LogP contribution in [0, 0.1) is 5.92 Å². The molecule has 0 spiro atoms. The predicted octanol–water partition coefficient (Wildman–Crippen LogP) is 5.89. The second-order valence-electron chi connectivity index (χ2n) is 12.2. The highest BCUT2D eigenvalue weighted by Crippen LogP contribution is 2.40. The number of likely N-dealkylation sites (tertiary alicyclic amines) is 1. The second kappa shape index (κ2) is 14.6. The van der Waals surface area contributed by atoms with Crippen molar-refractivity contribution < 1.29 is 18.0 Å². The van der Waals surface area contributed by atoms with Gasteiger partial charge in [0, 0.05) is 83.1 Å². The van der Waals surface area contributed by atoms with E-state index in [0.29, 0.717) is 37.2 Å². The molecule has 0 bridgehead atoms. The topological polar surface area (TPSA) is 33.3 Å². The molecule has 0 N–H and O–H groups in total. The summed E-state index contributed by atoms with van der Waals surface area (Å²) >= 11 is 0. The Morgan fingerprint density at radius 2 is 1.29 bits per heavy atom. The molecule has 0 aliphatic carbocycles. The van der Waals surface area contributed by atoms with Crippen LogP contribution >= 0.6 is 0 Å². The second-order valence-corrected chi connectivity index (χ2v) is 12.2. The van der Waals surface area contributed by atoms with Gasteiger partial charge in [0.25, 0.3) is 0 Å². The maximum absolute atomic E-state index is 13.6. The summed E-state index contributed by atoms with van der Waals surface area (Å²) < 4.78 is 40.9. The van der Waals surface area contributed by atoms with Crippen LogP contribution in [0.4, 0.5) is 24.5 Å². The molecule has 1 atom stereocenters. The molecule has 4 rings (SSSR count). The molecule has 6 nitrogen and oxygen atoms in total. The van der Waals surface area contributed by atoms with E-state index < -0.39 is 12.1 Å². The van der Waals surface area contributed by atoms with Gasteiger partial charge in [-0.2, -0.15) is 13.2 Å². The van der Waals surface area contributed by atoms with Gasteiger partial charge < -0.3 is 9.80 Å². The van der Waals surface area contributed by atoms with Crippen molar-refractivity contribution in [1.29, 1.82) is 0 Å². The average molecular weight is 580 g/mol. The van der Waals surface area contributed by atoms with Gasteiger partial charge in [-0.05, 0) is 56.7 Å². The van der Waals surface area contributed by atoms with Crippen LogP contribution in [0.15, 0.2) is 12.1 Å². The number of anilines is 2. The highest BCUT2D eigenvalue weighted by atomic mass is 19.4. The SMILES string of the molecule is CCC(CC)N1CCN(c2c(C=O)ccc(CN3CCCC(C(F)(F)F)C3)c2N2CCN(C(CC)CC)CC2)CC1. The van der Waals surface area contributed by atoms with Gasteiger partial charge in [-0.25, -0.2) is 0 Å². The summed E-state index contributed by atoms with van der Waals surface area (Å²) in [7, 11) is 0. The number of carbonyl (C=O) groups excluding carboxylic acids is 1. The smallest absolute Gasteiger partial charge is 0.367 e. The lowest BCUT2D eigenvalue weighted by atomic mass is 9.96. The summed E-state index contributed by atoms with van der Waals surface area (Å²) in [6, 6.07) is 5.06. The zero-order chi connectivity index (χ0) is 29.6. The van der Waals surface area contributed by atoms with Gasteiger partial charge in [0.2, 0.25) is 0 Å². The molecule has 0 aromatic heterocycles. The number of benzene rings is 1. The van der Waals surface area contributed by atoms with Crippen molar-refractivity contribution in [3.63, 3.8) is 0 Å². The van der Waals surface area contributed by atoms with Crippen LogP contribution in [0.25, 0.3) is 0 Å². The van der Waals surface area contributed by atoms with E-state index in [0.717, 1.165) is 101 Å². The van der Waals surface area contributed by atoms with Crippen LogP contribution in [0.3, 0.4) is 0 Å². The zero-order valence-corrected chi connectivity index (χ0v) is 25.8. The van der Waals surface area contributed by atoms with Gasteiger partial charge in [0.15, 0.2) is 6.29 Å². The van der Waals surface area contributed by atoms with Crippen LogP contribution in [0.2, 0.25) is 0 Å². The summed E-state index contributed by atoms with van der Waals surface area (Å²) in [6.07, 6.45) is 2.10. The summed E-state index contributed by atoms with van der Waals surface area (Å²) in [5, 5.41) is 0. The third-order valence-corrected chi connectivity index (χ3v) is 9.93. The Kier molecular flexibility index (Phi) is 11.4. The van der Waals surface area contributed by atoms with Crippen molar-refractivity contribution in [2.24, 2.45) is 5.92 Å². The van der Waals surface area contributed by atoms with Gasteiger partial charge >= 0.3 is 6.18 Å². The van der Waals surface area contributed by atoms with E-state index in [9.17, 15) is 18.0 Å². The molecule has 3 fully saturated rings. The zero-order valence-electron chi connectivity index (χ0n) is 25.8. The fourth-order valence-corrected chi connectivity index (χ4v) is 7.48. The lowest BCUT2D eigenvalue weighted by Gasteiger charge is -2.45. The van der Waals surface area contributed by atoms with E-state index in [1.165, 1.54) is 0 Å². The molecule has 9 heteroatoms. The molecule has 3 aliphatic heterocycles. The lowest BCUT2D eigenvalue weighted by Crippen LogP contribution is -2.52. The van der Waals surface area contributed by atoms with E-state index in [1.54, 1.807) is 0 Å². The summed E-state index contributed by atoms with van der Waals surface area (Å²) in [5.74, 6) is -1.27. The van der Waals surface area contributed by atoms with Gasteiger partial charge in [0.05, 0.1) is 17.3 Å². The maximum atomic E-state index is 13.6. The molecule has 0 saturated carbocycles. The number of hydrogen-bond donors (Lipinski definition) is 0. The molecule has 0 radical (unpaired) electrons. The van der Waals surface area contributed by atoms with Crippen LogP contribution in [-0.2, 0) is 6.54 Å². The van der Waals surface area contributed by atoms with Gasteiger partial charge in [-0.1, -0.05) is 33.8 Å². The van der Waals surface area contributed by atoms with Crippen molar-refractivity contribution in [3.8, 4) is 0 Å². The first-order chi connectivity index (χ1) is 19.7. The molecule has 232 valence electrons. The minimum atomic E-state index is -4.16. The Balaban J connectivity index is 1.65. The third-order valence-electron chi connectivity index (χ3n) is 9.93. The number of piperidine rings is 1. The predicted molar refractivity (Wildman–Crippen MR) is 162 cm³/mol. The molecular formula is C32H52F3N5O. The number of rotatable bonds is 11. The molecule has 41 heavy (non-hydrogen) atoms. The van der Waals surface area contributed by atoms with Crippen molar-refractivity contribution in [3.05, 3.63) is 23.3 Å². The molecule has 3 saturated heterocycles. The molecule has 0 amide bonds. The van der Waals surface area contributed by atoms with E-state index in [4.69, 9.17) is 0 Å². The fourth-order valence-electron chi connectivity index (χ4n) is 7.48. The summed E-state index contributed by atoms with van der Waals surface area (Å²) in [5.41, 5.74) is 3.80. The van der Waals surface area contributed by atoms with Crippen molar-refractivity contribution >= 4 is 17.7 Å². The molecule has 1 aromatic carbocycles. The Morgan fingerprint density at radius 3 is 1.76 bits per heavy atom. The number of aldehydes is 1. The maximum Gasteiger partial charge on any atom is 0.393 e. The molecular weight excluding hydrogens is 527 g/mol. The first-order valence-electron chi connectivity index (χ1n) is 16.1. The van der Waals surface area contributed by atoms with Crippen LogP contribution in [0.1, 0.15) is 82.1 Å². The van der Waals surface area contributed by atoms with Gasteiger partial charge in [-0.3, -0.25) is 19.5 Å². The van der Waals surface area contributed by atoms with Gasteiger partial charge in [-0.15, -0.1) is 0 Å². The first-order valence-corrected chi connectivity index (χ1v) is 16.1. The largest absolute Gasteiger partial charge is 0.393 e. The molecule has 3 aliphatic rings. The normalized spacial score (nSPS) is 22.2. The van der Waals surface area contributed by atoms with E-state index in [1.807, 2.05) is 17.0 Å². The highest BCUT2D eigenvalue weighted by Gasteiger charge is 2.42. The number of alkyl halides is 3. The van der Waals surface area contributed by atoms with Crippen LogP contribution in [0.5, 0.6) is 0 Å². The Labute approximate surface area is 245 Å². The van der Waals surface area contributed by atoms with Gasteiger partial charge in [0.1, 0.15) is 0 Å². The lowest BCUT2D eigenvalue weighted by molar-refractivity contribution is -0.187. The monoisotopic (exact) mass is 579 g/mol. The number of halogens is 3. The quantitative estimate of drug-likeness (QED) is 0.304. The van der Waals surface area contributed by atoms with E-state index in [2.05, 4.69) is 47.3 Å². The summed E-state index contributed by atoms with van der Waals surface area (Å²) in [6.45, 7) is 17.4. The van der Waals surface area contributed by atoms with E-state index >= 15 is 0 Å². The first kappa shape index (κ1) is 32.1. The van der Waals surface area contributed by atoms with Crippen LogP contribution in [-0.4, -0.2) is 105 Å². The third kappa shape index (κ3) is 7.57. The highest BCUT2D eigenvalue weighted by molar-refractivity contribution is 5.93. The fraction of sp³-hybridized carbons (Fsp3) is 0.781. The Bertz CT molecular complexity index is 965. The number of piperazine rings is 2. The minimum absolute atomic E-state index is 0.0459. The number of hydrogen-bond acceptors (Lipinski definition) is 6. The Morgan fingerprint density at radius 1 is 0.780 bits per heavy atom. The molecule has 1 unspecified atom stereocenters. The Hall–Kier alpha value is -1.84. The van der Waals surface area contributed by atoms with Crippen molar-refractivity contribution in [2.45, 2.75) is 91.0 Å². The molecule has 1 aromatic rings.